The third-order valence-corrected chi connectivity index (χ3v) is 6.88. The second-order valence-electron chi connectivity index (χ2n) is 9.22. The molecule has 4 aromatic rings. The number of halogens is 2. The topological polar surface area (TPSA) is 91.7 Å². The highest BCUT2D eigenvalue weighted by molar-refractivity contribution is 6.30. The average Bonchev–Trinajstić information content (AvgIpc) is 2.92. The maximum atomic E-state index is 11.2. The first-order chi connectivity index (χ1) is 17.9. The highest BCUT2D eigenvalue weighted by Crippen LogP contribution is 2.29. The maximum Gasteiger partial charge on any atom is 0.335 e. The molecule has 196 valence electrons. The van der Waals surface area contributed by atoms with Crippen molar-refractivity contribution < 1.29 is 19.7 Å². The summed E-state index contributed by atoms with van der Waals surface area (Å²) in [4.78, 5) is 15.7. The van der Waals surface area contributed by atoms with Crippen LogP contribution >= 0.6 is 24.0 Å². The van der Waals surface area contributed by atoms with Crippen LogP contribution in [0.5, 0.6) is 11.6 Å². The lowest BCUT2D eigenvalue weighted by Gasteiger charge is -2.27. The standard InChI is InChI=1S/C30H27ClN2O4.ClH/c31-25-6-2-4-21(14-25)28(34)18-32-26-10-7-19-8-11-27(16-24(19)15-26)37-29-12-9-23(17-33-29)20-3-1-5-22(13-20)30(35)36;/h1-6,8-9,11-14,16-17,26,28,32,34H,7,10,15,18H2,(H,35,36);1H/t26-,28+;/m0./s1. The Balaban J connectivity index is 0.00000336. The van der Waals surface area contributed by atoms with Gasteiger partial charge in [-0.15, -0.1) is 12.4 Å². The number of ether oxygens (including phenoxy) is 1. The average molecular weight is 551 g/mol. The third-order valence-electron chi connectivity index (χ3n) is 6.64. The molecular weight excluding hydrogens is 523 g/mol. The molecule has 0 unspecified atom stereocenters. The number of nitrogens with zero attached hydrogens (tertiary/aromatic N) is 1. The number of carboxylic acids is 1. The zero-order valence-corrected chi connectivity index (χ0v) is 22.1. The first-order valence-electron chi connectivity index (χ1n) is 12.2. The van der Waals surface area contributed by atoms with Gasteiger partial charge in [0.05, 0.1) is 11.7 Å². The van der Waals surface area contributed by atoms with Crippen molar-refractivity contribution in [3.8, 4) is 22.8 Å². The number of aliphatic hydroxyl groups excluding tert-OH is 1. The predicted molar refractivity (Wildman–Crippen MR) is 151 cm³/mol. The summed E-state index contributed by atoms with van der Waals surface area (Å²) in [5, 5.41) is 23.9. The van der Waals surface area contributed by atoms with Crippen LogP contribution in [0.25, 0.3) is 11.1 Å². The molecule has 38 heavy (non-hydrogen) atoms. The summed E-state index contributed by atoms with van der Waals surface area (Å²) in [6, 6.07) is 24.1. The van der Waals surface area contributed by atoms with Crippen LogP contribution in [0.2, 0.25) is 5.02 Å². The minimum Gasteiger partial charge on any atom is -0.478 e. The Morgan fingerprint density at radius 3 is 2.63 bits per heavy atom. The quantitative estimate of drug-likeness (QED) is 0.232. The maximum absolute atomic E-state index is 11.2. The van der Waals surface area contributed by atoms with Gasteiger partial charge in [0, 0.05) is 35.4 Å². The summed E-state index contributed by atoms with van der Waals surface area (Å²) >= 11 is 6.05. The molecule has 1 aliphatic rings. The lowest BCUT2D eigenvalue weighted by molar-refractivity contribution is 0.0697. The molecule has 0 fully saturated rings. The molecule has 0 saturated carbocycles. The summed E-state index contributed by atoms with van der Waals surface area (Å²) in [5.41, 5.74) is 5.17. The van der Waals surface area contributed by atoms with E-state index in [0.717, 1.165) is 36.0 Å². The lowest BCUT2D eigenvalue weighted by Crippen LogP contribution is -2.37. The molecule has 6 nitrogen and oxygen atoms in total. The van der Waals surface area contributed by atoms with Crippen LogP contribution in [0.15, 0.2) is 85.1 Å². The van der Waals surface area contributed by atoms with Crippen molar-refractivity contribution >= 4 is 30.0 Å². The first kappa shape index (κ1) is 27.6. The van der Waals surface area contributed by atoms with Crippen molar-refractivity contribution in [2.45, 2.75) is 31.4 Å². The number of aryl methyl sites for hydroxylation is 1. The molecule has 3 aromatic carbocycles. The normalized spacial score (nSPS) is 15.2. The lowest BCUT2D eigenvalue weighted by atomic mass is 9.88. The van der Waals surface area contributed by atoms with Crippen LogP contribution in [-0.4, -0.2) is 33.8 Å². The van der Waals surface area contributed by atoms with Crippen molar-refractivity contribution in [3.05, 3.63) is 112 Å². The Morgan fingerprint density at radius 1 is 1.03 bits per heavy atom. The second kappa shape index (κ2) is 12.4. The van der Waals surface area contributed by atoms with E-state index in [2.05, 4.69) is 22.4 Å². The van der Waals surface area contributed by atoms with Crippen molar-refractivity contribution in [3.63, 3.8) is 0 Å². The molecule has 5 rings (SSSR count). The number of aromatic carboxylic acids is 1. The van der Waals surface area contributed by atoms with Crippen molar-refractivity contribution in [1.82, 2.24) is 10.3 Å². The van der Waals surface area contributed by atoms with Gasteiger partial charge in [-0.05, 0) is 84.0 Å². The zero-order valence-electron chi connectivity index (χ0n) is 20.5. The summed E-state index contributed by atoms with van der Waals surface area (Å²) < 4.78 is 6.02. The molecule has 3 N–H and O–H groups in total. The fraction of sp³-hybridized carbons (Fsp3) is 0.200. The van der Waals surface area contributed by atoms with Crippen molar-refractivity contribution in [2.24, 2.45) is 0 Å². The van der Waals surface area contributed by atoms with E-state index in [0.29, 0.717) is 23.2 Å². The molecule has 0 aliphatic heterocycles. The van der Waals surface area contributed by atoms with Gasteiger partial charge in [-0.25, -0.2) is 9.78 Å². The van der Waals surface area contributed by atoms with E-state index in [4.69, 9.17) is 16.3 Å². The number of aliphatic hydroxyl groups is 1. The smallest absolute Gasteiger partial charge is 0.335 e. The first-order valence-corrected chi connectivity index (χ1v) is 12.6. The molecule has 2 atom stereocenters. The highest BCUT2D eigenvalue weighted by Gasteiger charge is 2.20. The molecule has 0 saturated heterocycles. The van der Waals surface area contributed by atoms with Gasteiger partial charge in [0.1, 0.15) is 5.75 Å². The van der Waals surface area contributed by atoms with Gasteiger partial charge in [-0.3, -0.25) is 0 Å². The van der Waals surface area contributed by atoms with Gasteiger partial charge in [0.2, 0.25) is 5.88 Å². The Labute approximate surface area is 232 Å². The summed E-state index contributed by atoms with van der Waals surface area (Å²) in [5.74, 6) is 0.219. The number of hydrogen-bond acceptors (Lipinski definition) is 5. The molecule has 1 aromatic heterocycles. The molecule has 0 bridgehead atoms. The third kappa shape index (κ3) is 6.71. The molecule has 1 heterocycles. The SMILES string of the molecule is Cl.O=C(O)c1cccc(-c2ccc(Oc3ccc4c(c3)C[C@@H](NC[C@@H](O)c3cccc(Cl)c3)CC4)nc2)c1. The van der Waals surface area contributed by atoms with E-state index in [9.17, 15) is 15.0 Å². The number of carboxylic acid groups (broad SMARTS) is 1. The number of hydrogen-bond donors (Lipinski definition) is 3. The Morgan fingerprint density at radius 2 is 1.87 bits per heavy atom. The van der Waals surface area contributed by atoms with Gasteiger partial charge in [0.25, 0.3) is 0 Å². The van der Waals surface area contributed by atoms with Crippen LogP contribution in [-0.2, 0) is 12.8 Å². The number of aromatic nitrogens is 1. The van der Waals surface area contributed by atoms with Gasteiger partial charge in [-0.1, -0.05) is 41.9 Å². The molecule has 0 radical (unpaired) electrons. The van der Waals surface area contributed by atoms with Crippen molar-refractivity contribution in [2.75, 3.05) is 6.54 Å². The number of pyridine rings is 1. The predicted octanol–water partition coefficient (Wildman–Crippen LogP) is 6.49. The summed E-state index contributed by atoms with van der Waals surface area (Å²) in [6.45, 7) is 0.460. The second-order valence-corrected chi connectivity index (χ2v) is 9.66. The van der Waals surface area contributed by atoms with E-state index in [1.165, 1.54) is 11.1 Å². The Kier molecular flexibility index (Phi) is 9.02. The summed E-state index contributed by atoms with van der Waals surface area (Å²) in [7, 11) is 0. The van der Waals surface area contributed by atoms with Crippen LogP contribution in [0.4, 0.5) is 0 Å². The number of fused-ring (bicyclic) bond motifs is 1. The number of nitrogens with one attached hydrogen (secondary N) is 1. The molecule has 0 amide bonds. The van der Waals surface area contributed by atoms with Gasteiger partial charge in [-0.2, -0.15) is 0 Å². The largest absolute Gasteiger partial charge is 0.478 e. The Bertz CT molecular complexity index is 1410. The highest BCUT2D eigenvalue weighted by atomic mass is 35.5. The fourth-order valence-electron chi connectivity index (χ4n) is 4.65. The van der Waals surface area contributed by atoms with Crippen molar-refractivity contribution in [1.29, 1.82) is 0 Å². The van der Waals surface area contributed by atoms with E-state index in [-0.39, 0.29) is 24.0 Å². The fourth-order valence-corrected chi connectivity index (χ4v) is 4.84. The number of benzene rings is 3. The zero-order chi connectivity index (χ0) is 25.8. The van der Waals surface area contributed by atoms with E-state index in [1.54, 1.807) is 42.6 Å². The van der Waals surface area contributed by atoms with Gasteiger partial charge in [0.15, 0.2) is 0 Å². The van der Waals surface area contributed by atoms with E-state index in [1.807, 2.05) is 30.3 Å². The molecule has 8 heteroatoms. The molecule has 0 spiro atoms. The van der Waals surface area contributed by atoms with Crippen LogP contribution in [0.1, 0.15) is 39.6 Å². The van der Waals surface area contributed by atoms with Crippen LogP contribution < -0.4 is 10.1 Å². The van der Waals surface area contributed by atoms with Gasteiger partial charge >= 0.3 is 5.97 Å². The van der Waals surface area contributed by atoms with Gasteiger partial charge < -0.3 is 20.3 Å². The molecule has 1 aliphatic carbocycles. The number of rotatable bonds is 8. The monoisotopic (exact) mass is 550 g/mol. The summed E-state index contributed by atoms with van der Waals surface area (Å²) in [6.07, 6.45) is 3.88. The number of carbonyl (C=O) groups is 1. The minimum atomic E-state index is -0.961. The Hall–Kier alpha value is -3.42. The van der Waals surface area contributed by atoms with Crippen LogP contribution in [0.3, 0.4) is 0 Å². The van der Waals surface area contributed by atoms with Crippen LogP contribution in [0, 0.1) is 0 Å². The minimum absolute atomic E-state index is 0. The molecular formula is C30H28Cl2N2O4. The van der Waals surface area contributed by atoms with E-state index >= 15 is 0 Å². The van der Waals surface area contributed by atoms with E-state index < -0.39 is 12.1 Å².